The highest BCUT2D eigenvalue weighted by Gasteiger charge is 2.18. The molecule has 302 valence electrons. The zero-order valence-electron chi connectivity index (χ0n) is 34.6. The zero-order chi connectivity index (χ0) is 38.2. The Morgan fingerprint density at radius 1 is 0.538 bits per heavy atom. The normalized spacial score (nSPS) is 11.1. The van der Waals surface area contributed by atoms with Crippen molar-refractivity contribution in [3.63, 3.8) is 0 Å². The van der Waals surface area contributed by atoms with Gasteiger partial charge in [-0.25, -0.2) is 0 Å². The second kappa shape index (κ2) is 33.1. The molecule has 0 fully saturated rings. The average molecular weight is 751 g/mol. The Labute approximate surface area is 326 Å². The fourth-order valence-corrected chi connectivity index (χ4v) is 6.42. The number of nitrogens with zero attached hydrogens (tertiary/aromatic N) is 2. The Bertz CT molecular complexity index is 1030. The van der Waals surface area contributed by atoms with E-state index in [1.165, 1.54) is 149 Å². The van der Waals surface area contributed by atoms with Crippen molar-refractivity contribution in [1.82, 2.24) is 5.32 Å². The summed E-state index contributed by atoms with van der Waals surface area (Å²) in [6.07, 6.45) is 26.5. The van der Waals surface area contributed by atoms with Gasteiger partial charge in [0.2, 0.25) is 0 Å². The van der Waals surface area contributed by atoms with Crippen LogP contribution >= 0.6 is 0 Å². The summed E-state index contributed by atoms with van der Waals surface area (Å²) in [5.41, 5.74) is 2.12. The number of phenols is 2. The quantitative estimate of drug-likeness (QED) is 0.0694. The molecule has 0 aliphatic heterocycles. The Morgan fingerprint density at radius 3 is 1.04 bits per heavy atom. The van der Waals surface area contributed by atoms with Crippen molar-refractivity contribution in [1.29, 1.82) is 0 Å². The number of unbranched alkanes of at least 4 members (excludes halogenated alkanes) is 18. The van der Waals surface area contributed by atoms with E-state index in [9.17, 15) is 10.2 Å². The van der Waals surface area contributed by atoms with Crippen LogP contribution in [0.25, 0.3) is 0 Å². The van der Waals surface area contributed by atoms with Crippen LogP contribution in [-0.4, -0.2) is 73.6 Å². The van der Waals surface area contributed by atoms with Crippen LogP contribution < -0.4 is 22.8 Å². The lowest BCUT2D eigenvalue weighted by Gasteiger charge is -2.30. The number of nitrogens with one attached hydrogen (secondary N) is 1. The first kappa shape index (κ1) is 51.6. The van der Waals surface area contributed by atoms with Crippen LogP contribution in [0.15, 0.2) is 48.5 Å². The van der Waals surface area contributed by atoms with Crippen molar-refractivity contribution in [3.8, 4) is 11.5 Å². The van der Waals surface area contributed by atoms with Crippen LogP contribution in [-0.2, 0) is 13.1 Å². The van der Waals surface area contributed by atoms with Crippen LogP contribution in [0.3, 0.4) is 0 Å². The molecule has 7 nitrogen and oxygen atoms in total. The summed E-state index contributed by atoms with van der Waals surface area (Å²) in [6, 6.07) is 15.4. The number of phenolic OH excluding ortho intramolecular Hbond substituents is 2. The van der Waals surface area contributed by atoms with Crippen molar-refractivity contribution in [3.05, 3.63) is 59.7 Å². The topological polar surface area (TPSA) is 92.6 Å². The van der Waals surface area contributed by atoms with Crippen molar-refractivity contribution in [2.24, 2.45) is 0 Å². The number of benzene rings is 2. The maximum Gasteiger partial charge on any atom is 0.133 e. The van der Waals surface area contributed by atoms with Crippen LogP contribution in [0.2, 0.25) is 0 Å². The van der Waals surface area contributed by atoms with Crippen LogP contribution in [0.4, 0.5) is 4.79 Å². The summed E-state index contributed by atoms with van der Waals surface area (Å²) in [5, 5.41) is 30.8. The highest BCUT2D eigenvalue weighted by atomic mass is 35.5. The van der Waals surface area contributed by atoms with Gasteiger partial charge in [-0.3, -0.25) is 0 Å². The molecule has 0 aliphatic rings. The van der Waals surface area contributed by atoms with Gasteiger partial charge in [0.25, 0.3) is 0 Å². The highest BCUT2D eigenvalue weighted by molar-refractivity contribution is 5.61. The number of carboxylic acid groups (broad SMARTS) is 1. The summed E-state index contributed by atoms with van der Waals surface area (Å²) in [7, 11) is 10.3. The largest absolute Gasteiger partial charge is 1.00 e. The maximum atomic E-state index is 9.91. The molecule has 0 radical (unpaired) electrons. The first-order valence-electron chi connectivity index (χ1n) is 20.4. The van der Waals surface area contributed by atoms with Gasteiger partial charge in [-0.15, -0.1) is 0 Å². The second-order valence-electron chi connectivity index (χ2n) is 15.8. The van der Waals surface area contributed by atoms with Gasteiger partial charge in [0.1, 0.15) is 30.7 Å². The van der Waals surface area contributed by atoms with Gasteiger partial charge in [0.15, 0.2) is 0 Å². The Hall–Kier alpha value is -2.48. The lowest BCUT2D eigenvalue weighted by molar-refractivity contribution is -0.903. The zero-order valence-corrected chi connectivity index (χ0v) is 35.3. The standard InChI is InChI=1S/2C21H37NO.C2H5NO2.ClH/c2*1-4-5-6-7-8-9-10-11-12-15-18-22(2,3)19-20-16-13-14-17-21(20)23;1-3-2(4)5;/h2*13-14,16-17H,4-12,15,18-19H2,1-3H3;3H,1H3,(H,4,5);1H. The summed E-state index contributed by atoms with van der Waals surface area (Å²) in [5.74, 6) is 0.864. The molecule has 0 saturated heterocycles. The smallest absolute Gasteiger partial charge is 0.133 e. The molecule has 2 rings (SSSR count). The van der Waals surface area contributed by atoms with Crippen LogP contribution in [0.1, 0.15) is 153 Å². The van der Waals surface area contributed by atoms with Crippen molar-refractivity contribution >= 4 is 6.09 Å². The third kappa shape index (κ3) is 31.1. The SMILES string of the molecule is CCCCCCCCCCCC[N+](C)(C)Cc1ccccc1O.CCCCCCCCCCCC[N+](C)(C)Cc1ccccc1O.CNC(=O)[O-].[Cl-]. The van der Waals surface area contributed by atoms with Gasteiger partial charge >= 0.3 is 0 Å². The molecule has 0 saturated carbocycles. The molecule has 0 aliphatic carbocycles. The minimum absolute atomic E-state index is 0. The van der Waals surface area contributed by atoms with E-state index in [4.69, 9.17) is 9.90 Å². The fourth-order valence-electron chi connectivity index (χ4n) is 6.42. The Kier molecular flexibility index (Phi) is 32.9. The minimum atomic E-state index is -1.25. The number of carbonyl (C=O) groups is 1. The number of hydrogen-bond acceptors (Lipinski definition) is 4. The molecule has 0 aromatic heterocycles. The minimum Gasteiger partial charge on any atom is -1.00 e. The molecule has 8 heteroatoms. The molecule has 2 aromatic rings. The van der Waals surface area contributed by atoms with Crippen molar-refractivity contribution < 1.29 is 41.5 Å². The Balaban J connectivity index is 0. The van der Waals surface area contributed by atoms with E-state index in [2.05, 4.69) is 42.0 Å². The molecular weight excluding hydrogens is 670 g/mol. The van der Waals surface area contributed by atoms with Crippen LogP contribution in [0.5, 0.6) is 11.5 Å². The molecule has 1 amide bonds. The average Bonchev–Trinajstić information content (AvgIpc) is 3.09. The molecule has 0 unspecified atom stereocenters. The molecule has 0 atom stereocenters. The van der Waals surface area contributed by atoms with Gasteiger partial charge in [-0.05, 0) is 49.9 Å². The van der Waals surface area contributed by atoms with Gasteiger partial charge in [0.05, 0.1) is 41.3 Å². The van der Waals surface area contributed by atoms with E-state index >= 15 is 0 Å². The number of amides is 1. The van der Waals surface area contributed by atoms with Gasteiger partial charge < -0.3 is 46.8 Å². The van der Waals surface area contributed by atoms with Gasteiger partial charge in [-0.2, -0.15) is 0 Å². The molecular formula is C44H80ClN3O4. The van der Waals surface area contributed by atoms with Crippen LogP contribution in [0, 0.1) is 0 Å². The van der Waals surface area contributed by atoms with E-state index in [-0.39, 0.29) is 12.4 Å². The molecule has 3 N–H and O–H groups in total. The number of aromatic hydroxyl groups is 2. The first-order chi connectivity index (χ1) is 24.4. The number of para-hydroxylation sites is 2. The van der Waals surface area contributed by atoms with E-state index in [1.54, 1.807) is 12.1 Å². The first-order valence-corrected chi connectivity index (χ1v) is 20.4. The summed E-state index contributed by atoms with van der Waals surface area (Å²) in [6.45, 7) is 8.74. The lowest BCUT2D eigenvalue weighted by atomic mass is 10.1. The van der Waals surface area contributed by atoms with E-state index in [0.29, 0.717) is 11.5 Å². The number of quaternary nitrogens is 2. The van der Waals surface area contributed by atoms with E-state index < -0.39 is 6.09 Å². The highest BCUT2D eigenvalue weighted by Crippen LogP contribution is 2.22. The molecule has 0 bridgehead atoms. The molecule has 52 heavy (non-hydrogen) atoms. The third-order valence-corrected chi connectivity index (χ3v) is 9.62. The van der Waals surface area contributed by atoms with Crippen molar-refractivity contribution in [2.75, 3.05) is 48.3 Å². The predicted molar refractivity (Wildman–Crippen MR) is 216 cm³/mol. The molecule has 0 spiro atoms. The summed E-state index contributed by atoms with van der Waals surface area (Å²) >= 11 is 0. The molecule has 2 aromatic carbocycles. The lowest BCUT2D eigenvalue weighted by Crippen LogP contribution is -3.00. The van der Waals surface area contributed by atoms with E-state index in [0.717, 1.165) is 33.2 Å². The summed E-state index contributed by atoms with van der Waals surface area (Å²) in [4.78, 5) is 9.15. The number of halogens is 1. The number of hydrogen-bond donors (Lipinski definition) is 3. The number of carbonyl (C=O) groups excluding carboxylic acids is 1. The number of rotatable bonds is 26. The summed E-state index contributed by atoms with van der Waals surface area (Å²) < 4.78 is 1.91. The maximum absolute atomic E-state index is 9.91. The predicted octanol–water partition coefficient (Wildman–Crippen LogP) is 7.33. The van der Waals surface area contributed by atoms with E-state index in [1.807, 2.05) is 41.7 Å². The van der Waals surface area contributed by atoms with Crippen molar-refractivity contribution in [2.45, 2.75) is 155 Å². The fraction of sp³-hybridized carbons (Fsp3) is 0.705. The third-order valence-electron chi connectivity index (χ3n) is 9.62. The second-order valence-corrected chi connectivity index (χ2v) is 15.8. The monoisotopic (exact) mass is 750 g/mol. The molecule has 0 heterocycles. The Morgan fingerprint density at radius 2 is 0.788 bits per heavy atom. The van der Waals surface area contributed by atoms with Gasteiger partial charge in [0, 0.05) is 18.2 Å². The van der Waals surface area contributed by atoms with Gasteiger partial charge in [-0.1, -0.05) is 141 Å².